The number of hydrogen-bond acceptors (Lipinski definition) is 2. The minimum atomic E-state index is -4.43. The number of rotatable bonds is 2. The Morgan fingerprint density at radius 1 is 1.40 bits per heavy atom. The molecule has 84 valence electrons. The zero-order chi connectivity index (χ0) is 11.6. The van der Waals surface area contributed by atoms with Gasteiger partial charge >= 0.3 is 6.18 Å². The van der Waals surface area contributed by atoms with E-state index in [1.165, 1.54) is 18.2 Å². The van der Waals surface area contributed by atoms with Crippen molar-refractivity contribution in [2.45, 2.75) is 18.6 Å². The zero-order valence-electron chi connectivity index (χ0n) is 7.55. The number of halogens is 4. The van der Waals surface area contributed by atoms with E-state index in [0.29, 0.717) is 5.56 Å². The van der Waals surface area contributed by atoms with E-state index in [-0.39, 0.29) is 17.2 Å². The van der Waals surface area contributed by atoms with Crippen LogP contribution in [0.25, 0.3) is 0 Å². The minimum absolute atomic E-state index is 0.0156. The molecule has 15 heavy (non-hydrogen) atoms. The molecule has 1 aromatic carbocycles. The van der Waals surface area contributed by atoms with Gasteiger partial charge < -0.3 is 10.8 Å². The van der Waals surface area contributed by atoms with Crippen molar-refractivity contribution in [3.8, 4) is 5.75 Å². The molecule has 0 bridgehead atoms. The summed E-state index contributed by atoms with van der Waals surface area (Å²) in [5.41, 5.74) is 5.28. The number of nitrogens with two attached hydrogens (primary N) is 1. The third kappa shape index (κ3) is 3.28. The summed E-state index contributed by atoms with van der Waals surface area (Å²) in [6, 6.07) is 1.94. The lowest BCUT2D eigenvalue weighted by Gasteiger charge is -2.15. The van der Waals surface area contributed by atoms with Gasteiger partial charge in [0.25, 0.3) is 0 Å². The third-order valence-electron chi connectivity index (χ3n) is 1.89. The Balaban J connectivity index is 2.78. The summed E-state index contributed by atoms with van der Waals surface area (Å²) in [5.74, 6) is -0.166. The van der Waals surface area contributed by atoms with Crippen LogP contribution in [-0.4, -0.2) is 17.3 Å². The Bertz CT molecular complexity index is 354. The molecule has 1 atom stereocenters. The van der Waals surface area contributed by atoms with Gasteiger partial charge in [0.15, 0.2) is 0 Å². The van der Waals surface area contributed by atoms with E-state index in [2.05, 4.69) is 0 Å². The fraction of sp³-hybridized carbons (Fsp3) is 0.333. The molecule has 6 heteroatoms. The van der Waals surface area contributed by atoms with Crippen molar-refractivity contribution in [1.29, 1.82) is 0 Å². The SMILES string of the molecule is NC(Cc1ccc(O)c(Cl)c1)C(F)(F)F. The lowest BCUT2D eigenvalue weighted by atomic mass is 10.1. The topological polar surface area (TPSA) is 46.2 Å². The van der Waals surface area contributed by atoms with Gasteiger partial charge in [0.2, 0.25) is 0 Å². The highest BCUT2D eigenvalue weighted by Gasteiger charge is 2.36. The molecule has 0 saturated heterocycles. The van der Waals surface area contributed by atoms with E-state index in [1.807, 2.05) is 0 Å². The summed E-state index contributed by atoms with van der Waals surface area (Å²) >= 11 is 5.54. The van der Waals surface area contributed by atoms with Crippen LogP contribution in [0.2, 0.25) is 5.02 Å². The van der Waals surface area contributed by atoms with Crippen LogP contribution < -0.4 is 5.73 Å². The average molecular weight is 240 g/mol. The van der Waals surface area contributed by atoms with Crippen molar-refractivity contribution in [2.75, 3.05) is 0 Å². The van der Waals surface area contributed by atoms with Crippen LogP contribution >= 0.6 is 11.6 Å². The second kappa shape index (κ2) is 4.28. The lowest BCUT2D eigenvalue weighted by molar-refractivity contribution is -0.147. The van der Waals surface area contributed by atoms with Gasteiger partial charge in [0.1, 0.15) is 11.8 Å². The molecule has 0 aliphatic rings. The normalized spacial score (nSPS) is 13.9. The first-order chi connectivity index (χ1) is 6.80. The molecule has 1 unspecified atom stereocenters. The fourth-order valence-corrected chi connectivity index (χ4v) is 1.25. The first-order valence-electron chi connectivity index (χ1n) is 4.10. The van der Waals surface area contributed by atoms with Gasteiger partial charge in [-0.25, -0.2) is 0 Å². The number of aromatic hydroxyl groups is 1. The molecule has 0 aliphatic carbocycles. The zero-order valence-corrected chi connectivity index (χ0v) is 8.31. The predicted octanol–water partition coefficient (Wildman–Crippen LogP) is 2.48. The summed E-state index contributed by atoms with van der Waals surface area (Å²) in [6.45, 7) is 0. The molecule has 0 aliphatic heterocycles. The van der Waals surface area contributed by atoms with Crippen LogP contribution in [0.15, 0.2) is 18.2 Å². The first-order valence-corrected chi connectivity index (χ1v) is 4.48. The molecule has 0 saturated carbocycles. The molecular formula is C9H9ClF3NO. The Morgan fingerprint density at radius 2 is 2.00 bits per heavy atom. The summed E-state index contributed by atoms with van der Waals surface area (Å²) in [6.07, 6.45) is -4.78. The van der Waals surface area contributed by atoms with Crippen molar-refractivity contribution in [3.63, 3.8) is 0 Å². The maximum absolute atomic E-state index is 12.1. The highest BCUT2D eigenvalue weighted by molar-refractivity contribution is 6.32. The molecule has 0 fully saturated rings. The first kappa shape index (κ1) is 12.1. The summed E-state index contributed by atoms with van der Waals surface area (Å²) in [5, 5.41) is 9.07. The van der Waals surface area contributed by atoms with E-state index in [0.717, 1.165) is 0 Å². The number of hydrogen-bond donors (Lipinski definition) is 2. The molecule has 2 nitrogen and oxygen atoms in total. The second-order valence-electron chi connectivity index (χ2n) is 3.14. The molecule has 0 amide bonds. The van der Waals surface area contributed by atoms with Crippen molar-refractivity contribution in [1.82, 2.24) is 0 Å². The van der Waals surface area contributed by atoms with Crippen LogP contribution in [0, 0.1) is 0 Å². The van der Waals surface area contributed by atoms with E-state index in [9.17, 15) is 13.2 Å². The lowest BCUT2D eigenvalue weighted by Crippen LogP contribution is -2.39. The average Bonchev–Trinajstić information content (AvgIpc) is 2.10. The van der Waals surface area contributed by atoms with Gasteiger partial charge in [-0.2, -0.15) is 13.2 Å². The highest BCUT2D eigenvalue weighted by Crippen LogP contribution is 2.26. The number of alkyl halides is 3. The Morgan fingerprint density at radius 3 is 2.47 bits per heavy atom. The van der Waals surface area contributed by atoms with E-state index in [1.54, 1.807) is 0 Å². The minimum Gasteiger partial charge on any atom is -0.506 e. The van der Waals surface area contributed by atoms with Crippen molar-refractivity contribution < 1.29 is 18.3 Å². The summed E-state index contributed by atoms with van der Waals surface area (Å²) in [7, 11) is 0. The molecule has 0 heterocycles. The van der Waals surface area contributed by atoms with Crippen LogP contribution in [0.5, 0.6) is 5.75 Å². The third-order valence-corrected chi connectivity index (χ3v) is 2.19. The predicted molar refractivity (Wildman–Crippen MR) is 50.9 cm³/mol. The molecule has 1 aromatic rings. The number of phenolic OH excluding ortho intramolecular Hbond substituents is 1. The maximum Gasteiger partial charge on any atom is 0.403 e. The summed E-state index contributed by atoms with van der Waals surface area (Å²) in [4.78, 5) is 0. The van der Waals surface area contributed by atoms with Crippen LogP contribution in [0.1, 0.15) is 5.56 Å². The standard InChI is InChI=1S/C9H9ClF3NO/c10-6-3-5(1-2-7(6)15)4-8(14)9(11,12)13/h1-3,8,15H,4,14H2. The maximum atomic E-state index is 12.1. The molecule has 0 radical (unpaired) electrons. The monoisotopic (exact) mass is 239 g/mol. The summed E-state index contributed by atoms with van der Waals surface area (Å²) < 4.78 is 36.3. The van der Waals surface area contributed by atoms with E-state index < -0.39 is 12.2 Å². The van der Waals surface area contributed by atoms with Gasteiger partial charge in [0, 0.05) is 0 Å². The van der Waals surface area contributed by atoms with Gasteiger partial charge in [-0.1, -0.05) is 17.7 Å². The largest absolute Gasteiger partial charge is 0.506 e. The molecule has 0 aromatic heterocycles. The van der Waals surface area contributed by atoms with Crippen LogP contribution in [0.3, 0.4) is 0 Å². The van der Waals surface area contributed by atoms with Crippen LogP contribution in [-0.2, 0) is 6.42 Å². The smallest absolute Gasteiger partial charge is 0.403 e. The van der Waals surface area contributed by atoms with Gasteiger partial charge in [0.05, 0.1) is 5.02 Å². The van der Waals surface area contributed by atoms with E-state index >= 15 is 0 Å². The molecular weight excluding hydrogens is 231 g/mol. The Labute approximate surface area is 89.5 Å². The van der Waals surface area contributed by atoms with Crippen molar-refractivity contribution in [2.24, 2.45) is 5.73 Å². The molecule has 3 N–H and O–H groups in total. The quantitative estimate of drug-likeness (QED) is 0.833. The van der Waals surface area contributed by atoms with Gasteiger partial charge in [-0.15, -0.1) is 0 Å². The Hall–Kier alpha value is -0.940. The number of benzene rings is 1. The number of phenols is 1. The van der Waals surface area contributed by atoms with Crippen LogP contribution in [0.4, 0.5) is 13.2 Å². The van der Waals surface area contributed by atoms with E-state index in [4.69, 9.17) is 22.4 Å². The molecule has 0 spiro atoms. The van der Waals surface area contributed by atoms with Gasteiger partial charge in [-0.05, 0) is 24.1 Å². The fourth-order valence-electron chi connectivity index (χ4n) is 1.05. The Kier molecular flexibility index (Phi) is 3.46. The van der Waals surface area contributed by atoms with Gasteiger partial charge in [-0.3, -0.25) is 0 Å². The second-order valence-corrected chi connectivity index (χ2v) is 3.55. The van der Waals surface area contributed by atoms with Crippen molar-refractivity contribution in [3.05, 3.63) is 28.8 Å². The van der Waals surface area contributed by atoms with Crippen molar-refractivity contribution >= 4 is 11.6 Å². The highest BCUT2D eigenvalue weighted by atomic mass is 35.5. The molecule has 1 rings (SSSR count).